The molecule has 2 heteroatoms. The standard InChI is InChI=1S/C14H13NO/c16-10-15-9-3-6-13-12-5-2-1-4-11(12)7-8-14(13)15/h1-2,4-5,7-8,10H,3,6,9H2. The largest absolute Gasteiger partial charge is 0.315 e. The van der Waals surface area contributed by atoms with Crippen LogP contribution in [-0.4, -0.2) is 13.0 Å². The summed E-state index contributed by atoms with van der Waals surface area (Å²) in [7, 11) is 0. The maximum absolute atomic E-state index is 11.0. The van der Waals surface area contributed by atoms with Gasteiger partial charge in [0.2, 0.25) is 6.41 Å². The van der Waals surface area contributed by atoms with Crippen LogP contribution in [0.15, 0.2) is 36.4 Å². The number of hydrogen-bond donors (Lipinski definition) is 0. The van der Waals surface area contributed by atoms with Crippen LogP contribution in [0.3, 0.4) is 0 Å². The maximum Gasteiger partial charge on any atom is 0.214 e. The van der Waals surface area contributed by atoms with E-state index in [-0.39, 0.29) is 0 Å². The Labute approximate surface area is 94.5 Å². The average molecular weight is 211 g/mol. The lowest BCUT2D eigenvalue weighted by Crippen LogP contribution is -2.27. The van der Waals surface area contributed by atoms with Gasteiger partial charge in [-0.25, -0.2) is 0 Å². The Kier molecular flexibility index (Phi) is 2.13. The topological polar surface area (TPSA) is 20.3 Å². The quantitative estimate of drug-likeness (QED) is 0.664. The molecule has 80 valence electrons. The summed E-state index contributed by atoms with van der Waals surface area (Å²) in [6, 6.07) is 12.5. The second-order valence-electron chi connectivity index (χ2n) is 4.19. The molecule has 16 heavy (non-hydrogen) atoms. The third kappa shape index (κ3) is 1.30. The molecule has 0 radical (unpaired) electrons. The summed E-state index contributed by atoms with van der Waals surface area (Å²) in [6.07, 6.45) is 3.06. The van der Waals surface area contributed by atoms with Crippen molar-refractivity contribution in [2.75, 3.05) is 11.4 Å². The van der Waals surface area contributed by atoms with Crippen LogP contribution in [0.1, 0.15) is 12.0 Å². The second-order valence-corrected chi connectivity index (χ2v) is 4.19. The summed E-state index contributed by atoms with van der Waals surface area (Å²) in [5.74, 6) is 0. The van der Waals surface area contributed by atoms with E-state index in [1.165, 1.54) is 16.3 Å². The van der Waals surface area contributed by atoms with Gasteiger partial charge in [0.15, 0.2) is 0 Å². The summed E-state index contributed by atoms with van der Waals surface area (Å²) in [5, 5.41) is 2.54. The first-order chi connectivity index (χ1) is 7.90. The van der Waals surface area contributed by atoms with E-state index in [9.17, 15) is 4.79 Å². The fourth-order valence-electron chi connectivity index (χ4n) is 2.51. The molecule has 2 aromatic rings. The van der Waals surface area contributed by atoms with Crippen LogP contribution in [0, 0.1) is 0 Å². The summed E-state index contributed by atoms with van der Waals surface area (Å²) < 4.78 is 0. The van der Waals surface area contributed by atoms with Gasteiger partial charge in [-0.3, -0.25) is 4.79 Å². The highest BCUT2D eigenvalue weighted by Crippen LogP contribution is 2.32. The van der Waals surface area contributed by atoms with E-state index >= 15 is 0 Å². The first kappa shape index (κ1) is 9.40. The van der Waals surface area contributed by atoms with Crippen molar-refractivity contribution >= 4 is 22.9 Å². The van der Waals surface area contributed by atoms with E-state index in [4.69, 9.17) is 0 Å². The average Bonchev–Trinajstić information content (AvgIpc) is 2.37. The summed E-state index contributed by atoms with van der Waals surface area (Å²) in [5.41, 5.74) is 2.40. The maximum atomic E-state index is 11.0. The van der Waals surface area contributed by atoms with Gasteiger partial charge in [-0.05, 0) is 35.2 Å². The fraction of sp³-hybridized carbons (Fsp3) is 0.214. The molecule has 0 unspecified atom stereocenters. The van der Waals surface area contributed by atoms with E-state index < -0.39 is 0 Å². The third-order valence-corrected chi connectivity index (χ3v) is 3.28. The van der Waals surface area contributed by atoms with Gasteiger partial charge in [0, 0.05) is 12.2 Å². The Balaban J connectivity index is 2.29. The van der Waals surface area contributed by atoms with Crippen LogP contribution in [0.25, 0.3) is 10.8 Å². The lowest BCUT2D eigenvalue weighted by Gasteiger charge is -2.27. The van der Waals surface area contributed by atoms with E-state index in [1.807, 2.05) is 4.90 Å². The molecular weight excluding hydrogens is 198 g/mol. The minimum absolute atomic E-state index is 0.842. The highest BCUT2D eigenvalue weighted by atomic mass is 16.1. The van der Waals surface area contributed by atoms with E-state index in [1.54, 1.807) is 0 Å². The normalized spacial score (nSPS) is 14.9. The van der Waals surface area contributed by atoms with E-state index in [2.05, 4.69) is 36.4 Å². The van der Waals surface area contributed by atoms with Crippen molar-refractivity contribution in [1.82, 2.24) is 0 Å². The number of benzene rings is 2. The van der Waals surface area contributed by atoms with Crippen molar-refractivity contribution in [1.29, 1.82) is 0 Å². The Morgan fingerprint density at radius 2 is 2.00 bits per heavy atom. The molecule has 0 N–H and O–H groups in total. The number of aryl methyl sites for hydroxylation is 1. The minimum Gasteiger partial charge on any atom is -0.315 e. The molecule has 0 atom stereocenters. The highest BCUT2D eigenvalue weighted by molar-refractivity contribution is 5.93. The third-order valence-electron chi connectivity index (χ3n) is 3.28. The molecule has 1 amide bonds. The number of anilines is 1. The number of amides is 1. The monoisotopic (exact) mass is 211 g/mol. The summed E-state index contributed by atoms with van der Waals surface area (Å²) in [6.45, 7) is 0.842. The van der Waals surface area contributed by atoms with Gasteiger partial charge in [0.05, 0.1) is 0 Å². The number of hydrogen-bond acceptors (Lipinski definition) is 1. The SMILES string of the molecule is O=CN1CCCc2c1ccc1ccccc21. The zero-order valence-corrected chi connectivity index (χ0v) is 9.02. The Hall–Kier alpha value is -1.83. The zero-order chi connectivity index (χ0) is 11.0. The summed E-state index contributed by atoms with van der Waals surface area (Å²) in [4.78, 5) is 12.8. The zero-order valence-electron chi connectivity index (χ0n) is 9.02. The van der Waals surface area contributed by atoms with Crippen LogP contribution < -0.4 is 4.90 Å². The van der Waals surface area contributed by atoms with Crippen molar-refractivity contribution < 1.29 is 4.79 Å². The molecule has 1 heterocycles. The van der Waals surface area contributed by atoms with E-state index in [0.29, 0.717) is 0 Å². The van der Waals surface area contributed by atoms with Crippen molar-refractivity contribution in [3.05, 3.63) is 42.0 Å². The lowest BCUT2D eigenvalue weighted by atomic mass is 9.95. The van der Waals surface area contributed by atoms with Crippen molar-refractivity contribution in [2.24, 2.45) is 0 Å². The number of carbonyl (C=O) groups is 1. The van der Waals surface area contributed by atoms with Crippen LogP contribution in [0.4, 0.5) is 5.69 Å². The smallest absolute Gasteiger partial charge is 0.214 e. The van der Waals surface area contributed by atoms with Gasteiger partial charge in [0.25, 0.3) is 0 Å². The molecule has 2 aromatic carbocycles. The van der Waals surface area contributed by atoms with E-state index in [0.717, 1.165) is 31.5 Å². The molecule has 0 bridgehead atoms. The Morgan fingerprint density at radius 3 is 2.88 bits per heavy atom. The minimum atomic E-state index is 0.842. The number of rotatable bonds is 1. The highest BCUT2D eigenvalue weighted by Gasteiger charge is 2.17. The Bertz CT molecular complexity index is 547. The van der Waals surface area contributed by atoms with Gasteiger partial charge in [0.1, 0.15) is 0 Å². The number of fused-ring (bicyclic) bond motifs is 3. The summed E-state index contributed by atoms with van der Waals surface area (Å²) >= 11 is 0. The van der Waals surface area contributed by atoms with Crippen molar-refractivity contribution in [3.8, 4) is 0 Å². The molecule has 0 fully saturated rings. The first-order valence-corrected chi connectivity index (χ1v) is 5.63. The van der Waals surface area contributed by atoms with Crippen LogP contribution in [0.5, 0.6) is 0 Å². The second kappa shape index (κ2) is 3.63. The Morgan fingerprint density at radius 1 is 1.12 bits per heavy atom. The van der Waals surface area contributed by atoms with Crippen LogP contribution in [-0.2, 0) is 11.2 Å². The molecule has 2 nitrogen and oxygen atoms in total. The molecule has 1 aliphatic rings. The molecule has 0 aromatic heterocycles. The first-order valence-electron chi connectivity index (χ1n) is 5.63. The van der Waals surface area contributed by atoms with Crippen LogP contribution >= 0.6 is 0 Å². The number of carbonyl (C=O) groups excluding carboxylic acids is 1. The molecule has 1 aliphatic heterocycles. The predicted molar refractivity (Wildman–Crippen MR) is 65.7 cm³/mol. The molecule has 0 aliphatic carbocycles. The molecule has 0 saturated carbocycles. The molecule has 3 rings (SSSR count). The molecular formula is C14H13NO. The van der Waals surface area contributed by atoms with Gasteiger partial charge in [-0.1, -0.05) is 30.3 Å². The molecule has 0 spiro atoms. The van der Waals surface area contributed by atoms with Gasteiger partial charge in [-0.2, -0.15) is 0 Å². The van der Waals surface area contributed by atoms with Crippen molar-refractivity contribution in [2.45, 2.75) is 12.8 Å². The van der Waals surface area contributed by atoms with Crippen molar-refractivity contribution in [3.63, 3.8) is 0 Å². The van der Waals surface area contributed by atoms with Gasteiger partial charge < -0.3 is 4.90 Å². The predicted octanol–water partition coefficient (Wildman–Crippen LogP) is 2.75. The van der Waals surface area contributed by atoms with Crippen LogP contribution in [0.2, 0.25) is 0 Å². The molecule has 0 saturated heterocycles. The lowest BCUT2D eigenvalue weighted by molar-refractivity contribution is -0.107. The van der Waals surface area contributed by atoms with Gasteiger partial charge >= 0.3 is 0 Å². The fourth-order valence-corrected chi connectivity index (χ4v) is 2.51. The number of nitrogens with zero attached hydrogens (tertiary/aromatic N) is 1. The van der Waals surface area contributed by atoms with Gasteiger partial charge in [-0.15, -0.1) is 0 Å².